The maximum absolute atomic E-state index is 5.15. The predicted octanol–water partition coefficient (Wildman–Crippen LogP) is 2.89. The lowest BCUT2D eigenvalue weighted by Gasteiger charge is -2.27. The Bertz CT molecular complexity index is 518. The van der Waals surface area contributed by atoms with E-state index in [1.54, 1.807) is 7.11 Å². The highest BCUT2D eigenvalue weighted by Gasteiger charge is 2.16. The van der Waals surface area contributed by atoms with E-state index in [1.807, 2.05) is 0 Å². The van der Waals surface area contributed by atoms with Crippen LogP contribution in [0.25, 0.3) is 5.52 Å². The van der Waals surface area contributed by atoms with E-state index >= 15 is 0 Å². The molecule has 18 heavy (non-hydrogen) atoms. The number of rotatable bonds is 5. The van der Waals surface area contributed by atoms with Crippen molar-refractivity contribution in [3.63, 3.8) is 0 Å². The Labute approximate surface area is 109 Å². The van der Waals surface area contributed by atoms with Crippen LogP contribution in [0.2, 0.25) is 0 Å². The first-order valence-corrected chi connectivity index (χ1v) is 6.41. The third kappa shape index (κ3) is 2.42. The molecule has 0 fully saturated rings. The molecule has 0 amide bonds. The molecule has 0 bridgehead atoms. The van der Waals surface area contributed by atoms with Gasteiger partial charge in [0.15, 0.2) is 0 Å². The first-order valence-electron chi connectivity index (χ1n) is 6.41. The summed E-state index contributed by atoms with van der Waals surface area (Å²) in [7, 11) is 3.89. The summed E-state index contributed by atoms with van der Waals surface area (Å²) in [5.41, 5.74) is 3.94. The van der Waals surface area contributed by atoms with Crippen molar-refractivity contribution in [3.05, 3.63) is 41.7 Å². The van der Waals surface area contributed by atoms with Gasteiger partial charge in [0.25, 0.3) is 0 Å². The Morgan fingerprint density at radius 1 is 1.33 bits per heavy atom. The van der Waals surface area contributed by atoms with Crippen LogP contribution in [0.1, 0.15) is 24.2 Å². The van der Waals surface area contributed by atoms with Gasteiger partial charge >= 0.3 is 0 Å². The van der Waals surface area contributed by atoms with Gasteiger partial charge in [-0.25, -0.2) is 0 Å². The van der Waals surface area contributed by atoms with E-state index in [-0.39, 0.29) is 0 Å². The molecule has 2 aromatic heterocycles. The summed E-state index contributed by atoms with van der Waals surface area (Å²) in [6.45, 7) is 6.13. The molecule has 2 rings (SSSR count). The summed E-state index contributed by atoms with van der Waals surface area (Å²) in [6.07, 6.45) is 2.14. The lowest BCUT2D eigenvalue weighted by atomic mass is 10.1. The van der Waals surface area contributed by atoms with Gasteiger partial charge in [-0.3, -0.25) is 4.90 Å². The Morgan fingerprint density at radius 2 is 2.11 bits per heavy atom. The normalized spacial score (nSPS) is 13.4. The van der Waals surface area contributed by atoms with Crippen LogP contribution in [0, 0.1) is 6.92 Å². The van der Waals surface area contributed by atoms with Crippen LogP contribution in [0.15, 0.2) is 30.5 Å². The fraction of sp³-hybridized carbons (Fsp3) is 0.467. The second kappa shape index (κ2) is 5.55. The highest BCUT2D eigenvalue weighted by atomic mass is 16.5. The van der Waals surface area contributed by atoms with Gasteiger partial charge < -0.3 is 9.14 Å². The van der Waals surface area contributed by atoms with Crippen LogP contribution in [0.4, 0.5) is 0 Å². The van der Waals surface area contributed by atoms with Gasteiger partial charge in [-0.1, -0.05) is 6.07 Å². The number of hydrogen-bond acceptors (Lipinski definition) is 2. The van der Waals surface area contributed by atoms with E-state index in [0.29, 0.717) is 6.04 Å². The second-order valence-corrected chi connectivity index (χ2v) is 4.85. The molecular formula is C15H22N2O. The van der Waals surface area contributed by atoms with E-state index in [0.717, 1.165) is 13.2 Å². The van der Waals surface area contributed by atoms with Crippen LogP contribution in [0.3, 0.4) is 0 Å². The van der Waals surface area contributed by atoms with Crippen molar-refractivity contribution in [1.29, 1.82) is 0 Å². The number of hydrogen-bond donors (Lipinski definition) is 0. The van der Waals surface area contributed by atoms with Crippen molar-refractivity contribution in [2.24, 2.45) is 0 Å². The van der Waals surface area contributed by atoms with Crippen molar-refractivity contribution in [3.8, 4) is 0 Å². The lowest BCUT2D eigenvalue weighted by molar-refractivity contribution is 0.141. The molecule has 0 aliphatic heterocycles. The van der Waals surface area contributed by atoms with Crippen molar-refractivity contribution in [2.45, 2.75) is 19.9 Å². The van der Waals surface area contributed by atoms with Gasteiger partial charge in [0, 0.05) is 37.1 Å². The van der Waals surface area contributed by atoms with Crippen molar-refractivity contribution >= 4 is 5.52 Å². The summed E-state index contributed by atoms with van der Waals surface area (Å²) < 4.78 is 7.43. The number of nitrogens with zero attached hydrogens (tertiary/aromatic N) is 2. The molecule has 2 heterocycles. The first kappa shape index (κ1) is 13.1. The zero-order chi connectivity index (χ0) is 13.1. The lowest BCUT2D eigenvalue weighted by Crippen LogP contribution is -2.28. The summed E-state index contributed by atoms with van der Waals surface area (Å²) >= 11 is 0. The topological polar surface area (TPSA) is 16.9 Å². The zero-order valence-corrected chi connectivity index (χ0v) is 11.7. The van der Waals surface area contributed by atoms with Crippen LogP contribution in [-0.2, 0) is 4.74 Å². The summed E-state index contributed by atoms with van der Waals surface area (Å²) in [6, 6.07) is 8.98. The van der Waals surface area contributed by atoms with Crippen molar-refractivity contribution < 1.29 is 4.74 Å². The molecule has 0 spiro atoms. The predicted molar refractivity (Wildman–Crippen MR) is 75.1 cm³/mol. The molecule has 0 aliphatic rings. The average Bonchev–Trinajstić information content (AvgIpc) is 2.83. The smallest absolute Gasteiger partial charge is 0.0589 e. The first-order chi connectivity index (χ1) is 8.65. The Morgan fingerprint density at radius 3 is 2.83 bits per heavy atom. The number of likely N-dealkylation sites (N-methyl/N-ethyl adjacent to an activating group) is 1. The van der Waals surface area contributed by atoms with Gasteiger partial charge in [0.2, 0.25) is 0 Å². The quantitative estimate of drug-likeness (QED) is 0.807. The number of fused-ring (bicyclic) bond motifs is 1. The third-order valence-corrected chi connectivity index (χ3v) is 3.65. The van der Waals surface area contributed by atoms with E-state index in [4.69, 9.17) is 4.74 Å². The zero-order valence-electron chi connectivity index (χ0n) is 11.7. The molecular weight excluding hydrogens is 224 g/mol. The molecule has 0 N–H and O–H groups in total. The van der Waals surface area contributed by atoms with E-state index in [2.05, 4.69) is 60.7 Å². The molecule has 0 saturated heterocycles. The van der Waals surface area contributed by atoms with Gasteiger partial charge in [-0.2, -0.15) is 0 Å². The highest BCUT2D eigenvalue weighted by Crippen LogP contribution is 2.24. The number of pyridine rings is 1. The van der Waals surface area contributed by atoms with E-state index in [1.165, 1.54) is 16.8 Å². The Balaban J connectivity index is 2.34. The molecule has 3 heteroatoms. The molecule has 0 aliphatic carbocycles. The Kier molecular flexibility index (Phi) is 4.04. The standard InChI is InChI=1S/C15H22N2O/c1-12-7-8-14-6-5-9-17(14)15(12)13(2)16(3)10-11-18-4/h5-9,13H,10-11H2,1-4H3. The molecule has 0 aromatic carbocycles. The summed E-state index contributed by atoms with van der Waals surface area (Å²) in [4.78, 5) is 2.32. The van der Waals surface area contributed by atoms with Crippen LogP contribution >= 0.6 is 0 Å². The van der Waals surface area contributed by atoms with Crippen molar-refractivity contribution in [2.75, 3.05) is 27.3 Å². The largest absolute Gasteiger partial charge is 0.383 e. The van der Waals surface area contributed by atoms with Crippen LogP contribution in [0.5, 0.6) is 0 Å². The molecule has 98 valence electrons. The van der Waals surface area contributed by atoms with Crippen molar-refractivity contribution in [1.82, 2.24) is 9.30 Å². The fourth-order valence-electron chi connectivity index (χ4n) is 2.40. The summed E-state index contributed by atoms with van der Waals surface area (Å²) in [5.74, 6) is 0. The highest BCUT2D eigenvalue weighted by molar-refractivity contribution is 5.50. The third-order valence-electron chi connectivity index (χ3n) is 3.65. The van der Waals surface area contributed by atoms with Crippen LogP contribution in [-0.4, -0.2) is 36.6 Å². The van der Waals surface area contributed by atoms with E-state index in [9.17, 15) is 0 Å². The SMILES string of the molecule is COCCN(C)C(C)c1c(C)ccc2cccn12. The minimum atomic E-state index is 0.372. The second-order valence-electron chi connectivity index (χ2n) is 4.85. The minimum absolute atomic E-state index is 0.372. The number of aryl methyl sites for hydroxylation is 1. The number of aromatic nitrogens is 1. The maximum atomic E-state index is 5.15. The monoisotopic (exact) mass is 246 g/mol. The molecule has 1 unspecified atom stereocenters. The van der Waals surface area contributed by atoms with Crippen LogP contribution < -0.4 is 0 Å². The van der Waals surface area contributed by atoms with Gasteiger partial charge in [-0.15, -0.1) is 0 Å². The minimum Gasteiger partial charge on any atom is -0.383 e. The van der Waals surface area contributed by atoms with E-state index < -0.39 is 0 Å². The molecule has 1 atom stereocenters. The average molecular weight is 246 g/mol. The molecule has 0 saturated carbocycles. The Hall–Kier alpha value is -1.32. The molecule has 0 radical (unpaired) electrons. The molecule has 2 aromatic rings. The van der Waals surface area contributed by atoms with Gasteiger partial charge in [0.05, 0.1) is 6.61 Å². The van der Waals surface area contributed by atoms with Gasteiger partial charge in [-0.05, 0) is 44.7 Å². The molecule has 3 nitrogen and oxygen atoms in total. The summed E-state index contributed by atoms with van der Waals surface area (Å²) in [5, 5.41) is 0. The number of ether oxygens (including phenoxy) is 1. The number of methoxy groups -OCH3 is 1. The van der Waals surface area contributed by atoms with Gasteiger partial charge in [0.1, 0.15) is 0 Å². The fourth-order valence-corrected chi connectivity index (χ4v) is 2.40. The maximum Gasteiger partial charge on any atom is 0.0589 e.